The van der Waals surface area contributed by atoms with E-state index in [4.69, 9.17) is 0 Å². The summed E-state index contributed by atoms with van der Waals surface area (Å²) in [6.07, 6.45) is 23.1. The van der Waals surface area contributed by atoms with Gasteiger partial charge in [-0.15, -0.1) is 11.3 Å². The molecule has 0 saturated carbocycles. The zero-order valence-electron chi connectivity index (χ0n) is 23.1. The van der Waals surface area contributed by atoms with Crippen molar-refractivity contribution in [3.63, 3.8) is 0 Å². The molecule has 1 aliphatic heterocycles. The van der Waals surface area contributed by atoms with Gasteiger partial charge in [-0.1, -0.05) is 77.4 Å². The molecular formula is C28H48N2O4S3. The molecule has 6 nitrogen and oxygen atoms in total. The Morgan fingerprint density at radius 1 is 0.946 bits per heavy atom. The van der Waals surface area contributed by atoms with Crippen molar-refractivity contribution >= 4 is 37.4 Å². The fourth-order valence-electron chi connectivity index (χ4n) is 4.68. The number of nitrogens with zero attached hydrogens (tertiary/aromatic N) is 1. The minimum atomic E-state index is -3.89. The van der Waals surface area contributed by atoms with Crippen molar-refractivity contribution < 1.29 is 16.8 Å². The molecule has 0 radical (unpaired) electrons. The van der Waals surface area contributed by atoms with Crippen molar-refractivity contribution in [2.75, 3.05) is 6.54 Å². The molecular weight excluding hydrogens is 525 g/mol. The molecule has 0 aliphatic carbocycles. The first kappa shape index (κ1) is 32.2. The number of fused-ring (bicyclic) bond motifs is 1. The molecule has 0 unspecified atom stereocenters. The Labute approximate surface area is 230 Å². The average molecular weight is 573 g/mol. The van der Waals surface area contributed by atoms with Gasteiger partial charge >= 0.3 is 0 Å². The number of sulfonamides is 1. The number of thiophene rings is 1. The molecule has 1 aromatic rings. The highest BCUT2D eigenvalue weighted by atomic mass is 32.3. The largest absolute Gasteiger partial charge is 0.310 e. The Morgan fingerprint density at radius 2 is 1.51 bits per heavy atom. The maximum absolute atomic E-state index is 12.8. The predicted octanol–water partition coefficient (Wildman–Crippen LogP) is 7.76. The Bertz CT molecular complexity index is 1060. The molecule has 9 heteroatoms. The van der Waals surface area contributed by atoms with Gasteiger partial charge in [-0.2, -0.15) is 12.8 Å². The maximum atomic E-state index is 12.8. The predicted molar refractivity (Wildman–Crippen MR) is 157 cm³/mol. The molecule has 0 aromatic carbocycles. The molecule has 1 N–H and O–H groups in total. The SMILES string of the molecule is CCCCCCCC/C=C\CCCCCCCC=NS(=O)(=O)c1cc2c(s1)S(=O)(=O)[C@@H](C)C[C@@H]2NCC. The van der Waals surface area contributed by atoms with E-state index < -0.39 is 25.1 Å². The lowest BCUT2D eigenvalue weighted by molar-refractivity contribution is 0.477. The summed E-state index contributed by atoms with van der Waals surface area (Å²) in [7, 11) is -7.40. The second-order valence-electron chi connectivity index (χ2n) is 10.1. The van der Waals surface area contributed by atoms with Gasteiger partial charge in [-0.3, -0.25) is 0 Å². The summed E-state index contributed by atoms with van der Waals surface area (Å²) in [5, 5.41) is 2.74. The van der Waals surface area contributed by atoms with Gasteiger partial charge in [-0.25, -0.2) is 8.42 Å². The fraction of sp³-hybridized carbons (Fsp3) is 0.750. The van der Waals surface area contributed by atoms with Crippen LogP contribution in [0.1, 0.15) is 129 Å². The number of hydrogen-bond acceptors (Lipinski definition) is 6. The maximum Gasteiger partial charge on any atom is 0.291 e. The van der Waals surface area contributed by atoms with Crippen molar-refractivity contribution in [1.29, 1.82) is 0 Å². The van der Waals surface area contributed by atoms with Crippen molar-refractivity contribution in [3.8, 4) is 0 Å². The summed E-state index contributed by atoms with van der Waals surface area (Å²) in [6.45, 7) is 6.57. The van der Waals surface area contributed by atoms with E-state index in [1.54, 1.807) is 6.92 Å². The van der Waals surface area contributed by atoms with Gasteiger partial charge in [0.25, 0.3) is 10.0 Å². The van der Waals surface area contributed by atoms with Crippen molar-refractivity contribution in [1.82, 2.24) is 5.32 Å². The van der Waals surface area contributed by atoms with Crippen LogP contribution in [0.4, 0.5) is 0 Å². The van der Waals surface area contributed by atoms with E-state index >= 15 is 0 Å². The highest BCUT2D eigenvalue weighted by Gasteiger charge is 2.39. The summed E-state index contributed by atoms with van der Waals surface area (Å²) in [6, 6.07) is 1.35. The molecule has 0 amide bonds. The van der Waals surface area contributed by atoms with Crippen LogP contribution in [-0.2, 0) is 19.9 Å². The van der Waals surface area contributed by atoms with E-state index in [2.05, 4.69) is 28.8 Å². The lowest BCUT2D eigenvalue weighted by Crippen LogP contribution is -2.33. The van der Waals surface area contributed by atoms with Crippen molar-refractivity contribution in [3.05, 3.63) is 23.8 Å². The van der Waals surface area contributed by atoms with Crippen molar-refractivity contribution in [2.45, 2.75) is 137 Å². The van der Waals surface area contributed by atoms with E-state index in [0.717, 1.165) is 37.0 Å². The normalized spacial score (nSPS) is 19.6. The summed E-state index contributed by atoms with van der Waals surface area (Å²) >= 11 is 0.837. The van der Waals surface area contributed by atoms with Gasteiger partial charge in [0.05, 0.1) is 5.25 Å². The first-order chi connectivity index (χ1) is 17.7. The van der Waals surface area contributed by atoms with Gasteiger partial charge in [0.1, 0.15) is 8.42 Å². The van der Waals surface area contributed by atoms with Crippen LogP contribution in [0.2, 0.25) is 0 Å². The van der Waals surface area contributed by atoms with Crippen LogP contribution in [-0.4, -0.2) is 34.8 Å². The Kier molecular flexibility index (Phi) is 14.6. The first-order valence-electron chi connectivity index (χ1n) is 14.3. The van der Waals surface area contributed by atoms with Gasteiger partial charge in [0.15, 0.2) is 9.84 Å². The summed E-state index contributed by atoms with van der Waals surface area (Å²) in [4.78, 5) is 0. The van der Waals surface area contributed by atoms with E-state index in [-0.39, 0.29) is 14.5 Å². The number of unbranched alkanes of at least 4 members (excludes halogenated alkanes) is 12. The molecule has 0 spiro atoms. The number of rotatable bonds is 19. The topological polar surface area (TPSA) is 92.7 Å². The fourth-order valence-corrected chi connectivity index (χ4v) is 9.57. The third kappa shape index (κ3) is 10.6. The van der Waals surface area contributed by atoms with Gasteiger partial charge in [0, 0.05) is 17.8 Å². The molecule has 2 rings (SSSR count). The molecule has 1 aromatic heterocycles. The molecule has 0 saturated heterocycles. The monoisotopic (exact) mass is 572 g/mol. The zero-order valence-corrected chi connectivity index (χ0v) is 25.5. The minimum Gasteiger partial charge on any atom is -0.310 e. The third-order valence-electron chi connectivity index (χ3n) is 6.95. The summed E-state index contributed by atoms with van der Waals surface area (Å²) in [5.74, 6) is 0. The molecule has 2 heterocycles. The highest BCUT2D eigenvalue weighted by Crippen LogP contribution is 2.43. The van der Waals surface area contributed by atoms with Crippen LogP contribution in [0, 0.1) is 0 Å². The van der Waals surface area contributed by atoms with Crippen LogP contribution in [0.25, 0.3) is 0 Å². The second kappa shape index (κ2) is 16.8. The third-order valence-corrected chi connectivity index (χ3v) is 12.6. The standard InChI is InChI=1S/C28H48N2O4S3/c1-4-6-7-8-9-10-11-12-13-14-15-16-17-18-19-20-21-30-37(33,34)27-23-25-26(29-5-2)22-24(3)36(31,32)28(25)35-27/h12-13,21,23-24,26,29H,4-11,14-20,22H2,1-3H3/b13-12-,30-21?/t24-,26-/m0/s1. The molecule has 212 valence electrons. The van der Waals surface area contributed by atoms with Crippen molar-refractivity contribution in [2.24, 2.45) is 4.40 Å². The zero-order chi connectivity index (χ0) is 27.2. The van der Waals surface area contributed by atoms with Crippen LogP contribution >= 0.6 is 11.3 Å². The van der Waals surface area contributed by atoms with Gasteiger partial charge in [-0.05, 0) is 64.5 Å². The number of allylic oxidation sites excluding steroid dienone is 2. The second-order valence-corrected chi connectivity index (χ2v) is 15.6. The van der Waals surface area contributed by atoms with E-state index in [1.807, 2.05) is 6.92 Å². The van der Waals surface area contributed by atoms with E-state index in [9.17, 15) is 16.8 Å². The van der Waals surface area contributed by atoms with Crippen LogP contribution in [0.3, 0.4) is 0 Å². The molecule has 2 atom stereocenters. The smallest absolute Gasteiger partial charge is 0.291 e. The Hall–Kier alpha value is -1.03. The highest BCUT2D eigenvalue weighted by molar-refractivity contribution is 7.96. The Balaban J connectivity index is 1.67. The molecule has 1 aliphatic rings. The first-order valence-corrected chi connectivity index (χ1v) is 18.1. The molecule has 0 bridgehead atoms. The van der Waals surface area contributed by atoms with E-state index in [1.165, 1.54) is 70.1 Å². The summed E-state index contributed by atoms with van der Waals surface area (Å²) in [5.41, 5.74) is 0.566. The van der Waals surface area contributed by atoms with Crippen LogP contribution in [0.15, 0.2) is 31.0 Å². The van der Waals surface area contributed by atoms with Crippen LogP contribution < -0.4 is 5.32 Å². The van der Waals surface area contributed by atoms with Crippen LogP contribution in [0.5, 0.6) is 0 Å². The number of sulfone groups is 1. The van der Waals surface area contributed by atoms with E-state index in [0.29, 0.717) is 24.9 Å². The van der Waals surface area contributed by atoms with Gasteiger partial charge < -0.3 is 5.32 Å². The summed E-state index contributed by atoms with van der Waals surface area (Å²) < 4.78 is 55.1. The molecule has 37 heavy (non-hydrogen) atoms. The molecule has 0 fully saturated rings. The minimum absolute atomic E-state index is 0.0128. The average Bonchev–Trinajstić information content (AvgIpc) is 3.33. The number of hydrogen-bond donors (Lipinski definition) is 1. The van der Waals surface area contributed by atoms with Gasteiger partial charge in [0.2, 0.25) is 0 Å². The lowest BCUT2D eigenvalue weighted by Gasteiger charge is -2.27. The quantitative estimate of drug-likeness (QED) is 0.104. The Morgan fingerprint density at radius 3 is 2.11 bits per heavy atom. The number of nitrogens with one attached hydrogen (secondary N) is 1. The lowest BCUT2D eigenvalue weighted by atomic mass is 10.1.